The summed E-state index contributed by atoms with van der Waals surface area (Å²) in [4.78, 5) is 14.5. The third-order valence-electron chi connectivity index (χ3n) is 4.93. The van der Waals surface area contributed by atoms with Crippen LogP contribution < -0.4 is 14.8 Å². The average Bonchev–Trinajstić information content (AvgIpc) is 3.50. The van der Waals surface area contributed by atoms with Gasteiger partial charge >= 0.3 is 0 Å². The molecule has 0 aliphatic heterocycles. The van der Waals surface area contributed by atoms with Crippen molar-refractivity contribution in [2.24, 2.45) is 0 Å². The van der Waals surface area contributed by atoms with Crippen molar-refractivity contribution in [2.75, 3.05) is 27.7 Å². The van der Waals surface area contributed by atoms with Gasteiger partial charge in [0.05, 0.1) is 13.2 Å². The van der Waals surface area contributed by atoms with Crippen LogP contribution in [-0.2, 0) is 10.0 Å². The van der Waals surface area contributed by atoms with E-state index in [1.165, 1.54) is 37.4 Å². The number of ether oxygens (including phenoxy) is 1. The lowest BCUT2D eigenvalue weighted by atomic mass is 10.1. The van der Waals surface area contributed by atoms with Crippen LogP contribution in [0.5, 0.6) is 5.75 Å². The zero-order valence-electron chi connectivity index (χ0n) is 17.2. The molecule has 2 N–H and O–H groups in total. The molecule has 2 aromatic rings. The third-order valence-corrected chi connectivity index (χ3v) is 6.47. The highest BCUT2D eigenvalue weighted by atomic mass is 32.2. The highest BCUT2D eigenvalue weighted by Crippen LogP contribution is 2.28. The van der Waals surface area contributed by atoms with E-state index in [0.29, 0.717) is 0 Å². The lowest BCUT2D eigenvalue weighted by Gasteiger charge is -2.25. The normalized spacial score (nSPS) is 15.1. The monoisotopic (exact) mass is 435 g/mol. The fourth-order valence-electron chi connectivity index (χ4n) is 3.12. The summed E-state index contributed by atoms with van der Waals surface area (Å²) in [6.07, 6.45) is 1.60. The van der Waals surface area contributed by atoms with Gasteiger partial charge in [0, 0.05) is 18.2 Å². The number of hydrogen-bond donors (Lipinski definition) is 2. The molecule has 1 saturated carbocycles. The van der Waals surface area contributed by atoms with Gasteiger partial charge in [0.25, 0.3) is 5.91 Å². The van der Waals surface area contributed by atoms with Gasteiger partial charge in [-0.05, 0) is 62.8 Å². The molecule has 1 fully saturated rings. The van der Waals surface area contributed by atoms with Gasteiger partial charge in [0.2, 0.25) is 10.0 Å². The quantitative estimate of drug-likeness (QED) is 0.631. The van der Waals surface area contributed by atoms with Crippen LogP contribution in [0.15, 0.2) is 47.4 Å². The summed E-state index contributed by atoms with van der Waals surface area (Å²) in [5, 5.41) is 2.81. The fraction of sp³-hybridized carbons (Fsp3) is 0.381. The second kappa shape index (κ2) is 9.11. The molecule has 3 rings (SSSR count). The van der Waals surface area contributed by atoms with Crippen molar-refractivity contribution >= 4 is 15.9 Å². The molecule has 1 aliphatic carbocycles. The minimum atomic E-state index is -3.79. The first-order valence-corrected chi connectivity index (χ1v) is 11.1. The number of hydrogen-bond acceptors (Lipinski definition) is 5. The topological polar surface area (TPSA) is 87.7 Å². The molecule has 162 valence electrons. The molecule has 0 bridgehead atoms. The molecule has 2 aromatic carbocycles. The Balaban J connectivity index is 1.78. The molecule has 0 aromatic heterocycles. The molecule has 1 amide bonds. The molecule has 0 unspecified atom stereocenters. The maximum Gasteiger partial charge on any atom is 0.251 e. The van der Waals surface area contributed by atoms with Crippen LogP contribution in [-0.4, -0.2) is 53.0 Å². The lowest BCUT2D eigenvalue weighted by Crippen LogP contribution is -2.34. The van der Waals surface area contributed by atoms with Gasteiger partial charge in [-0.2, -0.15) is 0 Å². The third kappa shape index (κ3) is 5.35. The lowest BCUT2D eigenvalue weighted by molar-refractivity contribution is 0.0941. The van der Waals surface area contributed by atoms with Crippen LogP contribution in [0.25, 0.3) is 0 Å². The number of rotatable bonds is 9. The Morgan fingerprint density at radius 2 is 1.97 bits per heavy atom. The van der Waals surface area contributed by atoms with E-state index in [-0.39, 0.29) is 40.7 Å². The minimum Gasteiger partial charge on any atom is -0.495 e. The molecular formula is C21H26FN3O4S. The van der Waals surface area contributed by atoms with E-state index >= 15 is 0 Å². The molecular weight excluding hydrogens is 409 g/mol. The van der Waals surface area contributed by atoms with Gasteiger partial charge in [-0.25, -0.2) is 17.5 Å². The Bertz CT molecular complexity index is 1020. The van der Waals surface area contributed by atoms with Gasteiger partial charge in [0.1, 0.15) is 16.5 Å². The predicted octanol–water partition coefficient (Wildman–Crippen LogP) is 2.31. The van der Waals surface area contributed by atoms with E-state index < -0.39 is 15.9 Å². The minimum absolute atomic E-state index is 0.0655. The number of likely N-dealkylation sites (N-methyl/N-ethyl adjacent to an activating group) is 1. The second-order valence-corrected chi connectivity index (χ2v) is 9.19. The standard InChI is InChI=1S/C21H26FN3O4S/c1-25(2)18(14-5-4-6-16(22)11-14)13-23-21(26)15-7-10-19(29-3)20(12-15)30(27,28)24-17-8-9-17/h4-7,10-12,17-18,24H,8-9,13H2,1-3H3,(H,23,26)/t18-/m0/s1. The highest BCUT2D eigenvalue weighted by Gasteiger charge is 2.30. The van der Waals surface area contributed by atoms with E-state index in [0.717, 1.165) is 18.4 Å². The van der Waals surface area contributed by atoms with E-state index in [2.05, 4.69) is 10.0 Å². The van der Waals surface area contributed by atoms with Crippen molar-refractivity contribution < 1.29 is 22.3 Å². The number of methoxy groups -OCH3 is 1. The maximum atomic E-state index is 13.6. The Hall–Kier alpha value is -2.49. The Morgan fingerprint density at radius 1 is 1.23 bits per heavy atom. The SMILES string of the molecule is COc1ccc(C(=O)NC[C@@H](c2cccc(F)c2)N(C)C)cc1S(=O)(=O)NC1CC1. The number of nitrogens with zero attached hydrogens (tertiary/aromatic N) is 1. The van der Waals surface area contributed by atoms with Crippen LogP contribution in [0.2, 0.25) is 0 Å². The molecule has 0 heterocycles. The fourth-order valence-corrected chi connectivity index (χ4v) is 4.62. The molecule has 0 radical (unpaired) electrons. The number of carbonyl (C=O) groups excluding carboxylic acids is 1. The summed E-state index contributed by atoms with van der Waals surface area (Å²) in [5.41, 5.74) is 0.927. The van der Waals surface area contributed by atoms with Gasteiger partial charge in [-0.15, -0.1) is 0 Å². The predicted molar refractivity (Wildman–Crippen MR) is 111 cm³/mol. The summed E-state index contributed by atoms with van der Waals surface area (Å²) >= 11 is 0. The maximum absolute atomic E-state index is 13.6. The van der Waals surface area contributed by atoms with Gasteiger partial charge in [-0.3, -0.25) is 4.79 Å². The summed E-state index contributed by atoms with van der Waals surface area (Å²) in [5.74, 6) is -0.603. The number of amides is 1. The molecule has 1 aliphatic rings. The van der Waals surface area contributed by atoms with Crippen molar-refractivity contribution in [1.29, 1.82) is 0 Å². The molecule has 9 heteroatoms. The highest BCUT2D eigenvalue weighted by molar-refractivity contribution is 7.89. The summed E-state index contributed by atoms with van der Waals surface area (Å²) < 4.78 is 46.7. The van der Waals surface area contributed by atoms with Gasteiger partial charge < -0.3 is 15.0 Å². The Labute approximate surface area is 176 Å². The average molecular weight is 436 g/mol. The summed E-state index contributed by atoms with van der Waals surface area (Å²) in [6.45, 7) is 0.226. The van der Waals surface area contributed by atoms with Crippen LogP contribution in [0.3, 0.4) is 0 Å². The summed E-state index contributed by atoms with van der Waals surface area (Å²) in [7, 11) is 1.26. The van der Waals surface area contributed by atoms with Crippen LogP contribution in [0.1, 0.15) is 34.8 Å². The first-order chi connectivity index (χ1) is 14.2. The number of carbonyl (C=O) groups is 1. The molecule has 30 heavy (non-hydrogen) atoms. The number of nitrogens with one attached hydrogen (secondary N) is 2. The summed E-state index contributed by atoms with van der Waals surface area (Å²) in [6, 6.07) is 10.2. The van der Waals surface area contributed by atoms with Gasteiger partial charge in [0.15, 0.2) is 0 Å². The molecule has 7 nitrogen and oxygen atoms in total. The van der Waals surface area contributed by atoms with Crippen LogP contribution >= 0.6 is 0 Å². The largest absolute Gasteiger partial charge is 0.495 e. The first kappa shape index (κ1) is 22.2. The van der Waals surface area contributed by atoms with Gasteiger partial charge in [-0.1, -0.05) is 12.1 Å². The van der Waals surface area contributed by atoms with Crippen molar-refractivity contribution in [2.45, 2.75) is 29.8 Å². The number of sulfonamides is 1. The van der Waals surface area contributed by atoms with Crippen molar-refractivity contribution in [1.82, 2.24) is 14.9 Å². The molecule has 0 spiro atoms. The van der Waals surface area contributed by atoms with Crippen molar-refractivity contribution in [3.05, 3.63) is 59.4 Å². The second-order valence-electron chi connectivity index (χ2n) is 7.51. The van der Waals surface area contributed by atoms with E-state index in [1.54, 1.807) is 12.1 Å². The van der Waals surface area contributed by atoms with Crippen molar-refractivity contribution in [3.8, 4) is 5.75 Å². The molecule has 0 saturated heterocycles. The van der Waals surface area contributed by atoms with Crippen LogP contribution in [0.4, 0.5) is 4.39 Å². The van der Waals surface area contributed by atoms with E-state index in [9.17, 15) is 17.6 Å². The smallest absolute Gasteiger partial charge is 0.251 e. The zero-order chi connectivity index (χ0) is 21.9. The Kier molecular flexibility index (Phi) is 6.74. The first-order valence-electron chi connectivity index (χ1n) is 9.61. The zero-order valence-corrected chi connectivity index (χ0v) is 18.0. The van der Waals surface area contributed by atoms with E-state index in [4.69, 9.17) is 4.74 Å². The van der Waals surface area contributed by atoms with Crippen LogP contribution in [0, 0.1) is 5.82 Å². The number of halogens is 1. The van der Waals surface area contributed by atoms with E-state index in [1.807, 2.05) is 19.0 Å². The Morgan fingerprint density at radius 3 is 2.57 bits per heavy atom. The number of benzene rings is 2. The van der Waals surface area contributed by atoms with Crippen molar-refractivity contribution in [3.63, 3.8) is 0 Å². The molecule has 1 atom stereocenters.